The van der Waals surface area contributed by atoms with Crippen molar-refractivity contribution < 1.29 is 110 Å². The lowest BCUT2D eigenvalue weighted by Crippen LogP contribution is -2.07. The highest BCUT2D eigenvalue weighted by atomic mass is 19.2. The first kappa shape index (κ1) is 58.4. The van der Waals surface area contributed by atoms with Gasteiger partial charge in [0, 0.05) is 73.1 Å². The fourth-order valence-electron chi connectivity index (χ4n) is 11.0. The number of halogens is 25. The molecule has 8 heterocycles. The number of rotatable bonds is 5. The molecule has 0 saturated heterocycles. The minimum atomic E-state index is -2.88. The molecule has 10 aromatic rings. The van der Waals surface area contributed by atoms with Crippen molar-refractivity contribution in [1.82, 2.24) is 28.9 Å². The van der Waals surface area contributed by atoms with Crippen molar-refractivity contribution in [2.24, 2.45) is 0 Å². The quantitative estimate of drug-likeness (QED) is 0.0897. The third-order valence-corrected chi connectivity index (χ3v) is 14.9. The SMILES string of the molecule is Fc1c(F)c(F)c(-c2c3nc(c(-c4c(F)c(F)c(F)c(F)c4F)c4ccc([nH]4)c(-c4c(F)c(F)c(F)c(F)c4F)c4ccc5c(-c6c(F)c(F)c(F)c(F)c6F)c6cc[nH]c6n6ccc(c(-c7c(F)c(F)c(F)c(F)c7F)c7ccc2[nH]7)c6-n45)C=C3)c(F)c1F. The van der Waals surface area contributed by atoms with Crippen molar-refractivity contribution in [3.8, 4) is 61.5 Å². The van der Waals surface area contributed by atoms with Crippen LogP contribution in [0.1, 0.15) is 11.4 Å². The van der Waals surface area contributed by atoms with E-state index in [0.717, 1.165) is 18.5 Å². The predicted octanol–water partition coefficient (Wildman–Crippen LogP) is 18.7. The van der Waals surface area contributed by atoms with E-state index in [-0.39, 0.29) is 0 Å². The van der Waals surface area contributed by atoms with Gasteiger partial charge in [-0.1, -0.05) is 0 Å². The second kappa shape index (κ2) is 20.2. The summed E-state index contributed by atoms with van der Waals surface area (Å²) in [5, 5.41) is -1.83. The van der Waals surface area contributed by atoms with Gasteiger partial charge >= 0.3 is 0 Å². The highest BCUT2D eigenvalue weighted by Crippen LogP contribution is 2.49. The zero-order valence-corrected chi connectivity index (χ0v) is 42.7. The molecular weight excluding hydrogens is 1270 g/mol. The monoisotopic (exact) mass is 1280 g/mol. The van der Waals surface area contributed by atoms with Gasteiger partial charge in [-0.3, -0.25) is 8.97 Å². The molecule has 0 radical (unpaired) electrons. The van der Waals surface area contributed by atoms with Crippen molar-refractivity contribution >= 4 is 61.7 Å². The summed E-state index contributed by atoms with van der Waals surface area (Å²) in [6.45, 7) is 0. The van der Waals surface area contributed by atoms with E-state index in [1.165, 1.54) is 0 Å². The number of aromatic nitrogens is 6. The van der Waals surface area contributed by atoms with E-state index in [2.05, 4.69) is 19.9 Å². The maximum atomic E-state index is 16.9. The first-order valence-electron chi connectivity index (χ1n) is 24.7. The summed E-state index contributed by atoms with van der Waals surface area (Å²) in [6.07, 6.45) is 2.65. The largest absolute Gasteiger partial charge is 0.354 e. The van der Waals surface area contributed by atoms with E-state index >= 15 is 96.6 Å². The standard InChI is InChI=1S/C59H15F25N6/c60-33-28(34(61)44(71)53(80)43(33)70)23-14-10-12-89-58-13(9-11-85-58)24(29-35(62)45(72)54(81)46(73)36(29)63)21-7-8-22(90(21)59(14)89)27(32-41(68)51(78)57(84)52(79)42(32)69)20-6-5-19(88-20)26(31-39(66)49(76)56(83)50(77)40(31)67)18-4-3-17(87-18)25(16-2-1-15(23)86-16)30-37(64)47(74)55(82)48(75)38(30)65/h1-12,85-86,88H. The number of benzene rings is 5. The Morgan fingerprint density at radius 2 is 0.556 bits per heavy atom. The molecule has 0 saturated carbocycles. The molecule has 0 unspecified atom stereocenters. The highest BCUT2D eigenvalue weighted by molar-refractivity contribution is 6.09. The van der Waals surface area contributed by atoms with E-state index in [1.54, 1.807) is 0 Å². The van der Waals surface area contributed by atoms with Crippen LogP contribution in [0.2, 0.25) is 0 Å². The molecule has 0 atom stereocenters. The first-order valence-corrected chi connectivity index (χ1v) is 24.7. The van der Waals surface area contributed by atoms with Crippen molar-refractivity contribution in [3.63, 3.8) is 0 Å². The second-order valence-corrected chi connectivity index (χ2v) is 19.5. The van der Waals surface area contributed by atoms with Crippen LogP contribution in [-0.2, 0) is 0 Å². The Kier molecular flexibility index (Phi) is 13.1. The molecule has 456 valence electrons. The van der Waals surface area contributed by atoms with E-state index in [9.17, 15) is 13.2 Å². The zero-order chi connectivity index (χ0) is 64.6. The van der Waals surface area contributed by atoms with Gasteiger partial charge in [-0.2, -0.15) is 0 Å². The van der Waals surface area contributed by atoms with E-state index in [0.29, 0.717) is 63.6 Å². The van der Waals surface area contributed by atoms with Crippen LogP contribution in [0, 0.1) is 145 Å². The molecule has 31 heteroatoms. The summed E-state index contributed by atoms with van der Waals surface area (Å²) < 4.78 is 398. The molecule has 5 aromatic heterocycles. The number of hydrogen-bond acceptors (Lipinski definition) is 1. The van der Waals surface area contributed by atoms with Gasteiger partial charge in [-0.25, -0.2) is 115 Å². The molecule has 3 N–H and O–H groups in total. The lowest BCUT2D eigenvalue weighted by atomic mass is 10.00. The summed E-state index contributed by atoms with van der Waals surface area (Å²) in [5.41, 5.74) is -27.3. The first-order chi connectivity index (χ1) is 42.6. The molecule has 3 aliphatic heterocycles. The summed E-state index contributed by atoms with van der Waals surface area (Å²) >= 11 is 0. The molecule has 6 nitrogen and oxygen atoms in total. The number of nitrogens with one attached hydrogen (secondary N) is 3. The zero-order valence-electron chi connectivity index (χ0n) is 42.7. The van der Waals surface area contributed by atoms with Gasteiger partial charge in [-0.05, 0) is 60.7 Å². The summed E-state index contributed by atoms with van der Waals surface area (Å²) in [6, 6.07) is 4.68. The third kappa shape index (κ3) is 7.81. The van der Waals surface area contributed by atoms with Crippen molar-refractivity contribution in [2.45, 2.75) is 0 Å². The predicted molar refractivity (Wildman–Crippen MR) is 269 cm³/mol. The van der Waals surface area contributed by atoms with Gasteiger partial charge in [-0.15, -0.1) is 0 Å². The molecule has 3 aliphatic rings. The minimum absolute atomic E-state index is 0.337. The summed E-state index contributed by atoms with van der Waals surface area (Å²) in [7, 11) is 0. The van der Waals surface area contributed by atoms with Gasteiger partial charge in [0.25, 0.3) is 0 Å². The summed E-state index contributed by atoms with van der Waals surface area (Å²) in [5.74, 6) is -70.3. The van der Waals surface area contributed by atoms with Crippen LogP contribution in [0.5, 0.6) is 0 Å². The van der Waals surface area contributed by atoms with E-state index in [1.807, 2.05) is 0 Å². The topological polar surface area (TPSA) is 69.6 Å². The molecule has 6 bridgehead atoms. The number of hydrogen-bond donors (Lipinski definition) is 3. The van der Waals surface area contributed by atoms with Crippen molar-refractivity contribution in [1.29, 1.82) is 0 Å². The highest BCUT2D eigenvalue weighted by Gasteiger charge is 2.38. The van der Waals surface area contributed by atoms with Crippen molar-refractivity contribution in [2.75, 3.05) is 0 Å². The average molecular weight is 1280 g/mol. The third-order valence-electron chi connectivity index (χ3n) is 14.9. The Balaban J connectivity index is 1.41. The number of nitrogens with zero attached hydrogens (tertiary/aromatic N) is 3. The smallest absolute Gasteiger partial charge is 0.200 e. The molecule has 0 aliphatic carbocycles. The number of H-pyrrole nitrogens is 3. The summed E-state index contributed by atoms with van der Waals surface area (Å²) in [4.78, 5) is 11.0. The molecular formula is C59H15F25N6. The molecule has 5 aromatic carbocycles. The van der Waals surface area contributed by atoms with Gasteiger partial charge in [0.1, 0.15) is 11.5 Å². The number of fused-ring (bicyclic) bond motifs is 8. The average Bonchev–Trinajstić information content (AvgIpc) is 1.54. The lowest BCUT2D eigenvalue weighted by molar-refractivity contribution is 0.381. The van der Waals surface area contributed by atoms with Gasteiger partial charge in [0.2, 0.25) is 29.1 Å². The van der Waals surface area contributed by atoms with Crippen LogP contribution >= 0.6 is 0 Å². The fourth-order valence-corrected chi connectivity index (χ4v) is 11.0. The van der Waals surface area contributed by atoms with Gasteiger partial charge in [0.15, 0.2) is 116 Å². The Bertz CT molecular complexity index is 5310. The Morgan fingerprint density at radius 1 is 0.267 bits per heavy atom. The molecule has 0 amide bonds. The van der Waals surface area contributed by atoms with Gasteiger partial charge in [0.05, 0.1) is 50.2 Å². The minimum Gasteiger partial charge on any atom is -0.354 e. The van der Waals surface area contributed by atoms with Gasteiger partial charge < -0.3 is 15.0 Å². The maximum absolute atomic E-state index is 16.9. The lowest BCUT2D eigenvalue weighted by Gasteiger charge is -2.16. The molecule has 0 spiro atoms. The Labute approximate surface area is 478 Å². The maximum Gasteiger partial charge on any atom is 0.200 e. The van der Waals surface area contributed by atoms with E-state index in [4.69, 9.17) is 0 Å². The molecule has 0 fully saturated rings. The van der Waals surface area contributed by atoms with E-state index < -0.39 is 268 Å². The Morgan fingerprint density at radius 3 is 0.922 bits per heavy atom. The normalized spacial score (nSPS) is 12.2. The number of aromatic amines is 3. The van der Waals surface area contributed by atoms with Crippen LogP contribution in [0.3, 0.4) is 0 Å². The fraction of sp³-hybridized carbons (Fsp3) is 0. The second-order valence-electron chi connectivity index (χ2n) is 19.5. The molecule has 13 rings (SSSR count). The molecule has 90 heavy (non-hydrogen) atoms. The van der Waals surface area contributed by atoms with Crippen LogP contribution in [0.15, 0.2) is 60.9 Å². The van der Waals surface area contributed by atoms with Crippen LogP contribution in [-0.4, -0.2) is 28.9 Å². The van der Waals surface area contributed by atoms with Crippen LogP contribution in [0.25, 0.3) is 123 Å². The Hall–Kier alpha value is -10.6. The van der Waals surface area contributed by atoms with Crippen LogP contribution in [0.4, 0.5) is 110 Å². The van der Waals surface area contributed by atoms with Crippen LogP contribution < -0.4 is 0 Å². The van der Waals surface area contributed by atoms with Crippen molar-refractivity contribution in [3.05, 3.63) is 218 Å².